The van der Waals surface area contributed by atoms with Crippen molar-refractivity contribution in [2.24, 2.45) is 11.3 Å². The fraction of sp³-hybridized carbons (Fsp3) is 0.857. The van der Waals surface area contributed by atoms with E-state index in [1.165, 1.54) is 24.9 Å². The van der Waals surface area contributed by atoms with Crippen LogP contribution in [0.1, 0.15) is 47.5 Å². The van der Waals surface area contributed by atoms with Crippen LogP contribution in [0.3, 0.4) is 0 Å². The molecule has 0 aliphatic carbocycles. The third-order valence-corrected chi connectivity index (χ3v) is 8.05. The summed E-state index contributed by atoms with van der Waals surface area (Å²) >= 11 is 0. The van der Waals surface area contributed by atoms with Gasteiger partial charge in [0.1, 0.15) is 0 Å². The molecule has 0 spiro atoms. The van der Waals surface area contributed by atoms with Gasteiger partial charge in [-0.2, -0.15) is 0 Å². The molecule has 0 amide bonds. The first-order valence-corrected chi connectivity index (χ1v) is 8.17. The van der Waals surface area contributed by atoms with Crippen LogP contribution < -0.4 is 0 Å². The molecule has 1 aliphatic heterocycles. The Morgan fingerprint density at radius 2 is 1.53 bits per heavy atom. The van der Waals surface area contributed by atoms with Crippen molar-refractivity contribution in [3.8, 4) is 0 Å². The Balaban J connectivity index is 2.53. The molecular weight excluding hydrogens is 196 g/mol. The van der Waals surface area contributed by atoms with E-state index in [1.54, 1.807) is 0 Å². The van der Waals surface area contributed by atoms with E-state index < -0.39 is 0 Å². The molecule has 1 fully saturated rings. The number of hydrogen-bond donors (Lipinski definition) is 0. The molecule has 1 saturated heterocycles. The predicted molar refractivity (Wildman–Crippen MR) is 71.8 cm³/mol. The molecule has 1 rings (SSSR count). The highest BCUT2D eigenvalue weighted by Crippen LogP contribution is 2.44. The normalized spacial score (nSPS) is 21.7. The van der Waals surface area contributed by atoms with E-state index in [0.29, 0.717) is 10.5 Å². The quantitative estimate of drug-likeness (QED) is 0.461. The lowest BCUT2D eigenvalue weighted by atomic mass is 9.77. The lowest BCUT2D eigenvalue weighted by Crippen LogP contribution is -2.34. The second-order valence-electron chi connectivity index (χ2n) is 6.67. The summed E-state index contributed by atoms with van der Waals surface area (Å²) < 4.78 is 0. The molecule has 0 saturated carbocycles. The predicted octanol–water partition coefficient (Wildman–Crippen LogP) is 4.90. The van der Waals surface area contributed by atoms with Crippen LogP contribution in [0.2, 0.25) is 17.1 Å². The summed E-state index contributed by atoms with van der Waals surface area (Å²) in [5.41, 5.74) is 0.520. The standard InChI is InChI=1S/C14H27Si/c1-7-14(5,6)15-10-8-12(9-11-15)13(2,3)4/h7,12H,1,8-11H2,2-6H3. The van der Waals surface area contributed by atoms with Crippen molar-refractivity contribution in [1.82, 2.24) is 0 Å². The lowest BCUT2D eigenvalue weighted by molar-refractivity contribution is 0.218. The average Bonchev–Trinajstić information content (AvgIpc) is 2.17. The van der Waals surface area contributed by atoms with Crippen LogP contribution in [0, 0.1) is 11.3 Å². The maximum Gasteiger partial charge on any atom is 0.0588 e. The third kappa shape index (κ3) is 3.20. The molecule has 87 valence electrons. The summed E-state index contributed by atoms with van der Waals surface area (Å²) in [7, 11) is -0.185. The molecule has 0 aromatic carbocycles. The highest BCUT2D eigenvalue weighted by molar-refractivity contribution is 6.63. The van der Waals surface area contributed by atoms with Crippen LogP contribution in [-0.2, 0) is 0 Å². The van der Waals surface area contributed by atoms with Gasteiger partial charge in [0.15, 0.2) is 0 Å². The molecule has 0 aromatic heterocycles. The van der Waals surface area contributed by atoms with Gasteiger partial charge in [0.2, 0.25) is 0 Å². The van der Waals surface area contributed by atoms with Crippen LogP contribution in [0.25, 0.3) is 0 Å². The van der Waals surface area contributed by atoms with Gasteiger partial charge in [-0.3, -0.25) is 0 Å². The van der Waals surface area contributed by atoms with Crippen LogP contribution in [-0.4, -0.2) is 8.80 Å². The smallest absolute Gasteiger partial charge is 0.0588 e. The summed E-state index contributed by atoms with van der Waals surface area (Å²) in [6.45, 7) is 16.0. The first-order valence-electron chi connectivity index (χ1n) is 6.26. The maximum absolute atomic E-state index is 4.00. The number of allylic oxidation sites excluding steroid dienone is 1. The van der Waals surface area contributed by atoms with Gasteiger partial charge >= 0.3 is 0 Å². The Bertz CT molecular complexity index is 214. The molecule has 15 heavy (non-hydrogen) atoms. The zero-order valence-electron chi connectivity index (χ0n) is 11.2. The van der Waals surface area contributed by atoms with E-state index in [9.17, 15) is 0 Å². The van der Waals surface area contributed by atoms with Crippen molar-refractivity contribution in [2.75, 3.05) is 0 Å². The van der Waals surface area contributed by atoms with Crippen molar-refractivity contribution in [2.45, 2.75) is 64.6 Å². The second kappa shape index (κ2) is 4.45. The Hall–Kier alpha value is -0.0431. The van der Waals surface area contributed by atoms with Crippen LogP contribution >= 0.6 is 0 Å². The Kier molecular flexibility index (Phi) is 3.86. The van der Waals surface area contributed by atoms with Crippen molar-refractivity contribution in [1.29, 1.82) is 0 Å². The molecule has 1 heteroatoms. The first kappa shape index (κ1) is 13.0. The largest absolute Gasteiger partial charge is 0.103 e. The van der Waals surface area contributed by atoms with Crippen molar-refractivity contribution >= 4 is 8.80 Å². The molecule has 0 nitrogen and oxygen atoms in total. The SMILES string of the molecule is C=CC(C)(C)[Si]1CCC(C(C)(C)C)CC1. The fourth-order valence-corrected chi connectivity index (χ4v) is 5.84. The molecule has 0 atom stereocenters. The van der Waals surface area contributed by atoms with Gasteiger partial charge in [0, 0.05) is 0 Å². The van der Waals surface area contributed by atoms with Crippen molar-refractivity contribution < 1.29 is 0 Å². The molecule has 0 N–H and O–H groups in total. The minimum atomic E-state index is -0.185. The zero-order valence-corrected chi connectivity index (χ0v) is 12.2. The molecule has 0 aromatic rings. The molecule has 0 bridgehead atoms. The number of rotatable bonds is 2. The van der Waals surface area contributed by atoms with Gasteiger partial charge < -0.3 is 0 Å². The Morgan fingerprint density at radius 3 is 1.87 bits per heavy atom. The van der Waals surface area contributed by atoms with Gasteiger partial charge in [0.05, 0.1) is 8.80 Å². The summed E-state index contributed by atoms with van der Waals surface area (Å²) in [6, 6.07) is 2.98. The molecule has 1 aliphatic rings. The van der Waals surface area contributed by atoms with Crippen molar-refractivity contribution in [3.63, 3.8) is 0 Å². The monoisotopic (exact) mass is 223 g/mol. The average molecular weight is 223 g/mol. The van der Waals surface area contributed by atoms with Crippen LogP contribution in [0.4, 0.5) is 0 Å². The lowest BCUT2D eigenvalue weighted by Gasteiger charge is -2.40. The second-order valence-corrected chi connectivity index (χ2v) is 10.2. The zero-order chi connectivity index (χ0) is 11.7. The Labute approximate surface area is 97.8 Å². The van der Waals surface area contributed by atoms with Gasteiger partial charge in [-0.25, -0.2) is 0 Å². The summed E-state index contributed by atoms with van der Waals surface area (Å²) in [6.07, 6.45) is 5.10. The number of hydrogen-bond acceptors (Lipinski definition) is 0. The highest BCUT2D eigenvalue weighted by atomic mass is 28.3. The Morgan fingerprint density at radius 1 is 1.07 bits per heavy atom. The molecular formula is C14H27Si. The molecule has 1 radical (unpaired) electrons. The highest BCUT2D eigenvalue weighted by Gasteiger charge is 2.35. The van der Waals surface area contributed by atoms with E-state index in [4.69, 9.17) is 0 Å². The van der Waals surface area contributed by atoms with E-state index in [0.717, 1.165) is 5.92 Å². The summed E-state index contributed by atoms with van der Waals surface area (Å²) in [5, 5.41) is 0.438. The summed E-state index contributed by atoms with van der Waals surface area (Å²) in [4.78, 5) is 0. The maximum atomic E-state index is 4.00. The van der Waals surface area contributed by atoms with E-state index in [-0.39, 0.29) is 8.80 Å². The van der Waals surface area contributed by atoms with Crippen LogP contribution in [0.5, 0.6) is 0 Å². The summed E-state index contributed by atoms with van der Waals surface area (Å²) in [5.74, 6) is 0.951. The van der Waals surface area contributed by atoms with Gasteiger partial charge in [-0.15, -0.1) is 6.58 Å². The van der Waals surface area contributed by atoms with Crippen molar-refractivity contribution in [3.05, 3.63) is 12.7 Å². The van der Waals surface area contributed by atoms with E-state index in [1.807, 2.05) is 0 Å². The van der Waals surface area contributed by atoms with E-state index in [2.05, 4.69) is 47.3 Å². The third-order valence-electron chi connectivity index (χ3n) is 4.24. The van der Waals surface area contributed by atoms with Gasteiger partial charge in [-0.1, -0.05) is 65.6 Å². The fourth-order valence-electron chi connectivity index (χ4n) is 2.62. The first-order chi connectivity index (χ1) is 6.77. The van der Waals surface area contributed by atoms with Gasteiger partial charge in [0.25, 0.3) is 0 Å². The molecule has 1 heterocycles. The molecule has 0 unspecified atom stereocenters. The topological polar surface area (TPSA) is 0 Å². The van der Waals surface area contributed by atoms with Gasteiger partial charge in [-0.05, 0) is 16.4 Å². The van der Waals surface area contributed by atoms with Crippen LogP contribution in [0.15, 0.2) is 12.7 Å². The van der Waals surface area contributed by atoms with E-state index >= 15 is 0 Å². The minimum Gasteiger partial charge on any atom is -0.103 e. The minimum absolute atomic E-state index is 0.185.